The van der Waals surface area contributed by atoms with Crippen molar-refractivity contribution in [1.29, 1.82) is 0 Å². The van der Waals surface area contributed by atoms with Gasteiger partial charge in [-0.2, -0.15) is 0 Å². The molecule has 0 spiro atoms. The van der Waals surface area contributed by atoms with E-state index in [1.54, 1.807) is 6.92 Å². The van der Waals surface area contributed by atoms with Gasteiger partial charge in [-0.25, -0.2) is 17.5 Å². The Balaban J connectivity index is 3.18. The highest BCUT2D eigenvalue weighted by Gasteiger charge is 2.19. The van der Waals surface area contributed by atoms with Gasteiger partial charge < -0.3 is 5.11 Å². The lowest BCUT2D eigenvalue weighted by Gasteiger charge is -2.08. The predicted octanol–water partition coefficient (Wildman–Crippen LogP) is 1.17. The average molecular weight is 312 g/mol. The maximum absolute atomic E-state index is 13.4. The minimum atomic E-state index is -3.90. The molecule has 1 rings (SSSR count). The maximum atomic E-state index is 13.4. The third kappa shape index (κ3) is 3.00. The van der Waals surface area contributed by atoms with Gasteiger partial charge in [-0.1, -0.05) is 15.9 Å². The summed E-state index contributed by atoms with van der Waals surface area (Å²) in [6, 6.07) is 2.34. The molecule has 0 aliphatic rings. The van der Waals surface area contributed by atoms with Gasteiger partial charge in [-0.15, -0.1) is 0 Å². The first-order chi connectivity index (χ1) is 7.38. The quantitative estimate of drug-likeness (QED) is 0.877. The smallest absolute Gasteiger partial charge is 0.243 e. The van der Waals surface area contributed by atoms with Crippen molar-refractivity contribution in [3.05, 3.63) is 28.0 Å². The molecule has 1 aromatic rings. The summed E-state index contributed by atoms with van der Waals surface area (Å²) in [5.41, 5.74) is 0.616. The molecule has 0 aliphatic carbocycles. The Bertz CT molecular complexity index is 490. The van der Waals surface area contributed by atoms with Crippen molar-refractivity contribution in [3.63, 3.8) is 0 Å². The van der Waals surface area contributed by atoms with Crippen LogP contribution in [-0.4, -0.2) is 26.7 Å². The van der Waals surface area contributed by atoms with Crippen LogP contribution in [0.5, 0.6) is 0 Å². The summed E-state index contributed by atoms with van der Waals surface area (Å²) in [5.74, 6) is -0.831. The molecule has 0 saturated heterocycles. The second kappa shape index (κ2) is 5.22. The summed E-state index contributed by atoms with van der Waals surface area (Å²) in [4.78, 5) is -0.415. The van der Waals surface area contributed by atoms with Crippen LogP contribution < -0.4 is 4.72 Å². The van der Waals surface area contributed by atoms with Crippen molar-refractivity contribution in [2.45, 2.75) is 11.8 Å². The van der Waals surface area contributed by atoms with Gasteiger partial charge in [0.2, 0.25) is 10.0 Å². The number of halogens is 2. The Labute approximate surface area is 102 Å². The first kappa shape index (κ1) is 13.6. The van der Waals surface area contributed by atoms with Crippen LogP contribution in [0.2, 0.25) is 0 Å². The number of nitrogens with one attached hydrogen (secondary N) is 1. The van der Waals surface area contributed by atoms with E-state index in [9.17, 15) is 12.8 Å². The van der Waals surface area contributed by atoms with Gasteiger partial charge in [0.1, 0.15) is 10.7 Å². The number of aliphatic hydroxyl groups is 1. The van der Waals surface area contributed by atoms with Gasteiger partial charge in [0.15, 0.2) is 0 Å². The third-order valence-electron chi connectivity index (χ3n) is 1.91. The lowest BCUT2D eigenvalue weighted by Crippen LogP contribution is -2.27. The lowest BCUT2D eigenvalue weighted by atomic mass is 10.2. The topological polar surface area (TPSA) is 66.4 Å². The summed E-state index contributed by atoms with van der Waals surface area (Å²) >= 11 is 3.10. The van der Waals surface area contributed by atoms with Crippen molar-refractivity contribution < 1.29 is 17.9 Å². The number of hydrogen-bond donors (Lipinski definition) is 2. The average Bonchev–Trinajstić information content (AvgIpc) is 2.20. The molecule has 0 heterocycles. The molecule has 0 unspecified atom stereocenters. The van der Waals surface area contributed by atoms with Crippen molar-refractivity contribution in [2.24, 2.45) is 0 Å². The molecular formula is C9H11BrFNO3S. The molecule has 1 aromatic carbocycles. The van der Waals surface area contributed by atoms with E-state index in [0.717, 1.165) is 6.07 Å². The zero-order chi connectivity index (χ0) is 12.3. The van der Waals surface area contributed by atoms with Crippen LogP contribution in [0.4, 0.5) is 4.39 Å². The van der Waals surface area contributed by atoms with Crippen LogP contribution in [0.1, 0.15) is 5.56 Å². The van der Waals surface area contributed by atoms with E-state index in [1.807, 2.05) is 0 Å². The number of benzene rings is 1. The number of hydrogen-bond acceptors (Lipinski definition) is 3. The van der Waals surface area contributed by atoms with Gasteiger partial charge in [0, 0.05) is 11.0 Å². The van der Waals surface area contributed by atoms with E-state index in [-0.39, 0.29) is 13.2 Å². The number of aliphatic hydroxyl groups excluding tert-OH is 1. The highest BCUT2D eigenvalue weighted by Crippen LogP contribution is 2.23. The Morgan fingerprint density at radius 2 is 2.12 bits per heavy atom. The lowest BCUT2D eigenvalue weighted by molar-refractivity contribution is 0.301. The first-order valence-corrected chi connectivity index (χ1v) is 6.72. The molecule has 2 N–H and O–H groups in total. The van der Waals surface area contributed by atoms with Crippen LogP contribution in [0, 0.1) is 12.7 Å². The van der Waals surface area contributed by atoms with Gasteiger partial charge >= 0.3 is 0 Å². The number of rotatable bonds is 4. The largest absolute Gasteiger partial charge is 0.395 e. The van der Waals surface area contributed by atoms with Crippen molar-refractivity contribution in [1.82, 2.24) is 4.72 Å². The Kier molecular flexibility index (Phi) is 4.43. The molecule has 0 radical (unpaired) electrons. The fourth-order valence-corrected chi connectivity index (χ4v) is 2.57. The van der Waals surface area contributed by atoms with Gasteiger partial charge in [0.25, 0.3) is 0 Å². The second-order valence-electron chi connectivity index (χ2n) is 3.15. The van der Waals surface area contributed by atoms with Crippen LogP contribution in [-0.2, 0) is 10.0 Å². The Morgan fingerprint density at radius 3 is 2.69 bits per heavy atom. The van der Waals surface area contributed by atoms with Crippen molar-refractivity contribution in [3.8, 4) is 0 Å². The number of aryl methyl sites for hydroxylation is 1. The molecule has 0 bridgehead atoms. The molecule has 90 valence electrons. The molecule has 0 fully saturated rings. The van der Waals surface area contributed by atoms with E-state index in [1.165, 1.54) is 6.07 Å². The third-order valence-corrected chi connectivity index (χ3v) is 4.24. The molecule has 7 heteroatoms. The Morgan fingerprint density at radius 1 is 1.50 bits per heavy atom. The van der Waals surface area contributed by atoms with Gasteiger partial charge in [-0.05, 0) is 24.6 Å². The van der Waals surface area contributed by atoms with Gasteiger partial charge in [-0.3, -0.25) is 0 Å². The van der Waals surface area contributed by atoms with Crippen molar-refractivity contribution in [2.75, 3.05) is 13.2 Å². The summed E-state index contributed by atoms with van der Waals surface area (Å²) in [6.45, 7) is 1.18. The summed E-state index contributed by atoms with van der Waals surface area (Å²) in [7, 11) is -3.90. The first-order valence-electron chi connectivity index (χ1n) is 4.44. The SMILES string of the molecule is Cc1cc(S(=O)(=O)NCCO)c(F)cc1Br. The van der Waals surface area contributed by atoms with E-state index >= 15 is 0 Å². The molecule has 4 nitrogen and oxygen atoms in total. The van der Waals surface area contributed by atoms with Crippen molar-refractivity contribution >= 4 is 26.0 Å². The minimum Gasteiger partial charge on any atom is -0.395 e. The highest BCUT2D eigenvalue weighted by molar-refractivity contribution is 9.10. The normalized spacial score (nSPS) is 11.8. The van der Waals surface area contributed by atoms with E-state index in [0.29, 0.717) is 10.0 Å². The fraction of sp³-hybridized carbons (Fsp3) is 0.333. The summed E-state index contributed by atoms with van der Waals surface area (Å²) in [5, 5.41) is 8.52. The standard InChI is InChI=1S/C9H11BrFNO3S/c1-6-4-9(8(11)5-7(6)10)16(14,15)12-2-3-13/h4-5,12-13H,2-3H2,1H3. The maximum Gasteiger partial charge on any atom is 0.243 e. The van der Waals surface area contributed by atoms with Crippen LogP contribution in [0.25, 0.3) is 0 Å². The van der Waals surface area contributed by atoms with Crippen LogP contribution >= 0.6 is 15.9 Å². The molecule has 0 amide bonds. The zero-order valence-corrected chi connectivity index (χ0v) is 10.9. The molecule has 0 aromatic heterocycles. The fourth-order valence-electron chi connectivity index (χ4n) is 1.09. The molecular weight excluding hydrogens is 301 g/mol. The predicted molar refractivity (Wildman–Crippen MR) is 61.1 cm³/mol. The summed E-state index contributed by atoms with van der Waals surface area (Å²) in [6.07, 6.45) is 0. The second-order valence-corrected chi connectivity index (χ2v) is 5.74. The highest BCUT2D eigenvalue weighted by atomic mass is 79.9. The van der Waals surface area contributed by atoms with Gasteiger partial charge in [0.05, 0.1) is 6.61 Å². The van der Waals surface area contributed by atoms with Crippen LogP contribution in [0.3, 0.4) is 0 Å². The Hall–Kier alpha value is -0.500. The number of sulfonamides is 1. The molecule has 0 atom stereocenters. The molecule has 16 heavy (non-hydrogen) atoms. The monoisotopic (exact) mass is 311 g/mol. The zero-order valence-electron chi connectivity index (χ0n) is 8.50. The summed E-state index contributed by atoms with van der Waals surface area (Å²) < 4.78 is 39.2. The van der Waals surface area contributed by atoms with E-state index < -0.39 is 20.7 Å². The van der Waals surface area contributed by atoms with Crippen LogP contribution in [0.15, 0.2) is 21.5 Å². The minimum absolute atomic E-state index is 0.142. The van der Waals surface area contributed by atoms with E-state index in [4.69, 9.17) is 5.11 Å². The molecule has 0 saturated carbocycles. The molecule has 0 aliphatic heterocycles. The van der Waals surface area contributed by atoms with E-state index in [2.05, 4.69) is 20.7 Å².